The molecule has 0 bridgehead atoms. The van der Waals surface area contributed by atoms with Crippen molar-refractivity contribution in [3.63, 3.8) is 0 Å². The highest BCUT2D eigenvalue weighted by atomic mass is 16.5. The molecule has 3 N–H and O–H groups in total. The van der Waals surface area contributed by atoms with Crippen molar-refractivity contribution in [1.82, 2.24) is 10.3 Å². The van der Waals surface area contributed by atoms with E-state index in [0.29, 0.717) is 37.1 Å². The molecule has 0 aliphatic carbocycles. The summed E-state index contributed by atoms with van der Waals surface area (Å²) in [5, 5.41) is 3.68. The molecule has 2 aromatic rings. The van der Waals surface area contributed by atoms with Crippen molar-refractivity contribution < 1.29 is 14.3 Å². The topological polar surface area (TPSA) is 94.3 Å². The SMILES string of the molecule is NC(=O)C1(NC(=O)c2cccc3cccnc23)CCOCC1. The summed E-state index contributed by atoms with van der Waals surface area (Å²) in [6.07, 6.45) is 2.40. The molecule has 2 heterocycles. The Kier molecular flexibility index (Phi) is 3.77. The molecule has 6 nitrogen and oxygen atoms in total. The fourth-order valence-electron chi connectivity index (χ4n) is 2.72. The average molecular weight is 299 g/mol. The van der Waals surface area contributed by atoms with Gasteiger partial charge in [0.05, 0.1) is 11.1 Å². The van der Waals surface area contributed by atoms with Crippen molar-refractivity contribution in [2.24, 2.45) is 5.73 Å². The lowest BCUT2D eigenvalue weighted by molar-refractivity contribution is -0.127. The Balaban J connectivity index is 1.94. The minimum absolute atomic E-state index is 0.343. The number of hydrogen-bond donors (Lipinski definition) is 2. The van der Waals surface area contributed by atoms with Gasteiger partial charge >= 0.3 is 0 Å². The van der Waals surface area contributed by atoms with Crippen LogP contribution in [0.2, 0.25) is 0 Å². The Bertz CT molecular complexity index is 718. The van der Waals surface area contributed by atoms with Crippen molar-refractivity contribution in [1.29, 1.82) is 0 Å². The van der Waals surface area contributed by atoms with Crippen LogP contribution in [0.4, 0.5) is 0 Å². The number of nitrogens with one attached hydrogen (secondary N) is 1. The standard InChI is InChI=1S/C16H17N3O3/c17-15(21)16(6-9-22-10-7-16)19-14(20)12-5-1-3-11-4-2-8-18-13(11)12/h1-5,8H,6-7,9-10H2,(H2,17,21)(H,19,20). The zero-order chi connectivity index (χ0) is 15.6. The molecule has 3 rings (SSSR count). The van der Waals surface area contributed by atoms with Gasteiger partial charge in [-0.15, -0.1) is 0 Å². The number of nitrogens with two attached hydrogens (primary N) is 1. The molecule has 0 atom stereocenters. The molecule has 0 radical (unpaired) electrons. The predicted molar refractivity (Wildman–Crippen MR) is 81.2 cm³/mol. The molecule has 114 valence electrons. The van der Waals surface area contributed by atoms with Crippen LogP contribution in [0.15, 0.2) is 36.5 Å². The second kappa shape index (κ2) is 5.73. The number of amides is 2. The van der Waals surface area contributed by atoms with Crippen LogP contribution in [0.5, 0.6) is 0 Å². The van der Waals surface area contributed by atoms with Crippen LogP contribution in [-0.4, -0.2) is 35.6 Å². The number of aromatic nitrogens is 1. The van der Waals surface area contributed by atoms with E-state index in [4.69, 9.17) is 10.5 Å². The molecule has 6 heteroatoms. The summed E-state index contributed by atoms with van der Waals surface area (Å²) in [6, 6.07) is 9.07. The maximum absolute atomic E-state index is 12.6. The number of nitrogens with zero attached hydrogens (tertiary/aromatic N) is 1. The Hall–Kier alpha value is -2.47. The quantitative estimate of drug-likeness (QED) is 0.884. The van der Waals surface area contributed by atoms with Crippen LogP contribution in [0.25, 0.3) is 10.9 Å². The van der Waals surface area contributed by atoms with Gasteiger partial charge in [0.15, 0.2) is 0 Å². The first-order valence-electron chi connectivity index (χ1n) is 7.16. The van der Waals surface area contributed by atoms with Crippen LogP contribution >= 0.6 is 0 Å². The maximum atomic E-state index is 12.6. The van der Waals surface area contributed by atoms with E-state index in [1.807, 2.05) is 18.2 Å². The molecule has 0 spiro atoms. The number of hydrogen-bond acceptors (Lipinski definition) is 4. The molecule has 2 amide bonds. The van der Waals surface area contributed by atoms with Crippen molar-refractivity contribution in [3.05, 3.63) is 42.1 Å². The molecule has 0 saturated carbocycles. The lowest BCUT2D eigenvalue weighted by Crippen LogP contribution is -2.60. The summed E-state index contributed by atoms with van der Waals surface area (Å²) >= 11 is 0. The number of benzene rings is 1. The molecule has 22 heavy (non-hydrogen) atoms. The van der Waals surface area contributed by atoms with Gasteiger partial charge in [0.2, 0.25) is 5.91 Å². The lowest BCUT2D eigenvalue weighted by Gasteiger charge is -2.35. The van der Waals surface area contributed by atoms with Gasteiger partial charge in [0.1, 0.15) is 5.54 Å². The number of rotatable bonds is 3. The number of ether oxygens (including phenoxy) is 1. The fraction of sp³-hybridized carbons (Fsp3) is 0.312. The van der Waals surface area contributed by atoms with E-state index in [1.165, 1.54) is 0 Å². The van der Waals surface area contributed by atoms with E-state index in [-0.39, 0.29) is 5.91 Å². The van der Waals surface area contributed by atoms with Crippen molar-refractivity contribution in [3.8, 4) is 0 Å². The molecule has 1 aliphatic rings. The summed E-state index contributed by atoms with van der Waals surface area (Å²) in [5.74, 6) is -0.873. The van der Waals surface area contributed by atoms with Crippen LogP contribution in [0.3, 0.4) is 0 Å². The largest absolute Gasteiger partial charge is 0.381 e. The van der Waals surface area contributed by atoms with Gasteiger partial charge in [-0.2, -0.15) is 0 Å². The minimum Gasteiger partial charge on any atom is -0.381 e. The van der Waals surface area contributed by atoms with Gasteiger partial charge in [0.25, 0.3) is 5.91 Å². The van der Waals surface area contributed by atoms with Gasteiger partial charge in [0, 0.05) is 37.6 Å². The second-order valence-electron chi connectivity index (χ2n) is 5.39. The van der Waals surface area contributed by atoms with Gasteiger partial charge in [-0.05, 0) is 12.1 Å². The van der Waals surface area contributed by atoms with Gasteiger partial charge in [-0.1, -0.05) is 18.2 Å². The number of primary amides is 1. The fourth-order valence-corrected chi connectivity index (χ4v) is 2.72. The highest BCUT2D eigenvalue weighted by Crippen LogP contribution is 2.22. The minimum atomic E-state index is -1.05. The first-order valence-corrected chi connectivity index (χ1v) is 7.16. The third-order valence-corrected chi connectivity index (χ3v) is 4.05. The Morgan fingerprint density at radius 2 is 1.91 bits per heavy atom. The van der Waals surface area contributed by atoms with Crippen LogP contribution in [0, 0.1) is 0 Å². The molecule has 1 aromatic carbocycles. The van der Waals surface area contributed by atoms with Gasteiger partial charge in [-0.25, -0.2) is 0 Å². The summed E-state index contributed by atoms with van der Waals surface area (Å²) in [5.41, 5.74) is 5.51. The highest BCUT2D eigenvalue weighted by Gasteiger charge is 2.40. The molecular weight excluding hydrogens is 282 g/mol. The number of para-hydroxylation sites is 1. The number of carbonyl (C=O) groups excluding carboxylic acids is 2. The van der Waals surface area contributed by atoms with Crippen LogP contribution in [-0.2, 0) is 9.53 Å². The first-order chi connectivity index (χ1) is 10.6. The Morgan fingerprint density at radius 1 is 1.18 bits per heavy atom. The smallest absolute Gasteiger partial charge is 0.254 e. The van der Waals surface area contributed by atoms with E-state index in [2.05, 4.69) is 10.3 Å². The monoisotopic (exact) mass is 299 g/mol. The highest BCUT2D eigenvalue weighted by molar-refractivity contribution is 6.07. The summed E-state index contributed by atoms with van der Waals surface area (Å²) < 4.78 is 5.26. The normalized spacial score (nSPS) is 17.1. The van der Waals surface area contributed by atoms with E-state index >= 15 is 0 Å². The van der Waals surface area contributed by atoms with Crippen molar-refractivity contribution in [2.45, 2.75) is 18.4 Å². The lowest BCUT2D eigenvalue weighted by atomic mass is 9.88. The molecule has 1 aliphatic heterocycles. The molecular formula is C16H17N3O3. The Labute approximate surface area is 127 Å². The summed E-state index contributed by atoms with van der Waals surface area (Å²) in [6.45, 7) is 0.800. The average Bonchev–Trinajstić information content (AvgIpc) is 2.55. The zero-order valence-corrected chi connectivity index (χ0v) is 12.0. The van der Waals surface area contributed by atoms with Gasteiger partial charge < -0.3 is 15.8 Å². The number of carbonyl (C=O) groups is 2. The van der Waals surface area contributed by atoms with Gasteiger partial charge in [-0.3, -0.25) is 14.6 Å². The summed E-state index contributed by atoms with van der Waals surface area (Å²) in [4.78, 5) is 28.7. The van der Waals surface area contributed by atoms with E-state index in [9.17, 15) is 9.59 Å². The Morgan fingerprint density at radius 3 is 2.64 bits per heavy atom. The molecule has 0 unspecified atom stereocenters. The third kappa shape index (κ3) is 2.53. The van der Waals surface area contributed by atoms with Crippen molar-refractivity contribution in [2.75, 3.05) is 13.2 Å². The molecule has 1 aromatic heterocycles. The first kappa shape index (κ1) is 14.5. The molecule has 1 saturated heterocycles. The number of pyridine rings is 1. The zero-order valence-electron chi connectivity index (χ0n) is 12.0. The third-order valence-electron chi connectivity index (χ3n) is 4.05. The number of fused-ring (bicyclic) bond motifs is 1. The van der Waals surface area contributed by atoms with E-state index in [0.717, 1.165) is 5.39 Å². The maximum Gasteiger partial charge on any atom is 0.254 e. The predicted octanol–water partition coefficient (Wildman–Crippen LogP) is 0.999. The van der Waals surface area contributed by atoms with Crippen LogP contribution < -0.4 is 11.1 Å². The molecule has 1 fully saturated rings. The summed E-state index contributed by atoms with van der Waals surface area (Å²) in [7, 11) is 0. The van der Waals surface area contributed by atoms with Crippen LogP contribution in [0.1, 0.15) is 23.2 Å². The second-order valence-corrected chi connectivity index (χ2v) is 5.39. The van der Waals surface area contributed by atoms with E-state index < -0.39 is 11.4 Å². The van der Waals surface area contributed by atoms with Crippen molar-refractivity contribution >= 4 is 22.7 Å². The van der Waals surface area contributed by atoms with E-state index in [1.54, 1.807) is 18.3 Å².